The second-order valence-electron chi connectivity index (χ2n) is 5.12. The van der Waals surface area contributed by atoms with Crippen LogP contribution < -0.4 is 14.2 Å². The van der Waals surface area contributed by atoms with E-state index in [-0.39, 0.29) is 10.6 Å². The van der Waals surface area contributed by atoms with E-state index in [4.69, 9.17) is 21.1 Å². The first-order valence-electron chi connectivity index (χ1n) is 7.24. The molecule has 0 radical (unpaired) electrons. The van der Waals surface area contributed by atoms with Crippen molar-refractivity contribution in [1.82, 2.24) is 4.98 Å². The van der Waals surface area contributed by atoms with Gasteiger partial charge in [0.15, 0.2) is 0 Å². The van der Waals surface area contributed by atoms with E-state index < -0.39 is 10.0 Å². The fourth-order valence-corrected chi connectivity index (χ4v) is 3.97. The van der Waals surface area contributed by atoms with Gasteiger partial charge < -0.3 is 9.47 Å². The summed E-state index contributed by atoms with van der Waals surface area (Å²) in [5, 5.41) is 0.911. The lowest BCUT2D eigenvalue weighted by Crippen LogP contribution is -2.14. The van der Waals surface area contributed by atoms with Crippen molar-refractivity contribution in [3.8, 4) is 11.5 Å². The minimum atomic E-state index is -3.92. The van der Waals surface area contributed by atoms with Crippen LogP contribution in [0.5, 0.6) is 11.5 Å². The summed E-state index contributed by atoms with van der Waals surface area (Å²) in [7, 11) is -0.988. The summed E-state index contributed by atoms with van der Waals surface area (Å²) in [6.07, 6.45) is 1.61. The highest BCUT2D eigenvalue weighted by atomic mass is 35.5. The van der Waals surface area contributed by atoms with E-state index in [0.717, 1.165) is 0 Å². The van der Waals surface area contributed by atoms with E-state index in [0.29, 0.717) is 27.4 Å². The standard InChI is InChI=1S/C17H15ClN2O4S/c1-23-14-7-5-11(18)10-16(14)25(21,22)20-13-6-8-15(24-2)17-12(13)4-3-9-19-17/h3-10,20H,1-2H3. The van der Waals surface area contributed by atoms with Crippen molar-refractivity contribution in [1.29, 1.82) is 0 Å². The van der Waals surface area contributed by atoms with Gasteiger partial charge in [0, 0.05) is 16.6 Å². The first-order valence-corrected chi connectivity index (χ1v) is 9.10. The molecule has 8 heteroatoms. The first-order chi connectivity index (χ1) is 12.0. The molecule has 0 spiro atoms. The highest BCUT2D eigenvalue weighted by molar-refractivity contribution is 7.92. The zero-order valence-corrected chi connectivity index (χ0v) is 15.1. The third-order valence-corrected chi connectivity index (χ3v) is 5.23. The Morgan fingerprint density at radius 3 is 2.48 bits per heavy atom. The molecule has 0 fully saturated rings. The highest BCUT2D eigenvalue weighted by Gasteiger charge is 2.21. The number of anilines is 1. The molecule has 0 unspecified atom stereocenters. The van der Waals surface area contributed by atoms with Gasteiger partial charge in [0.1, 0.15) is 21.9 Å². The van der Waals surface area contributed by atoms with Crippen LogP contribution in [0.4, 0.5) is 5.69 Å². The molecule has 2 aromatic carbocycles. The van der Waals surface area contributed by atoms with Crippen molar-refractivity contribution in [2.75, 3.05) is 18.9 Å². The Morgan fingerprint density at radius 1 is 1.04 bits per heavy atom. The summed E-state index contributed by atoms with van der Waals surface area (Å²) in [5.74, 6) is 0.756. The molecule has 25 heavy (non-hydrogen) atoms. The molecule has 6 nitrogen and oxygen atoms in total. The summed E-state index contributed by atoms with van der Waals surface area (Å²) < 4.78 is 38.6. The van der Waals surface area contributed by atoms with Gasteiger partial charge in [-0.1, -0.05) is 11.6 Å². The van der Waals surface area contributed by atoms with Crippen molar-refractivity contribution in [3.63, 3.8) is 0 Å². The maximum Gasteiger partial charge on any atom is 0.265 e. The van der Waals surface area contributed by atoms with E-state index in [2.05, 4.69) is 9.71 Å². The van der Waals surface area contributed by atoms with E-state index >= 15 is 0 Å². The number of aromatic nitrogens is 1. The van der Waals surface area contributed by atoms with Gasteiger partial charge in [0.05, 0.1) is 19.9 Å². The number of nitrogens with zero attached hydrogens (tertiary/aromatic N) is 1. The number of methoxy groups -OCH3 is 2. The van der Waals surface area contributed by atoms with Crippen LogP contribution >= 0.6 is 11.6 Å². The summed E-state index contributed by atoms with van der Waals surface area (Å²) in [4.78, 5) is 4.21. The highest BCUT2D eigenvalue weighted by Crippen LogP contribution is 2.33. The van der Waals surface area contributed by atoms with Gasteiger partial charge in [-0.15, -0.1) is 0 Å². The number of halogens is 1. The number of benzene rings is 2. The van der Waals surface area contributed by atoms with Gasteiger partial charge in [0.25, 0.3) is 10.0 Å². The molecule has 0 atom stereocenters. The molecule has 0 aliphatic heterocycles. The topological polar surface area (TPSA) is 77.5 Å². The normalized spacial score (nSPS) is 11.3. The van der Waals surface area contributed by atoms with Crippen LogP contribution in [0.15, 0.2) is 53.6 Å². The van der Waals surface area contributed by atoms with Crippen LogP contribution in [0, 0.1) is 0 Å². The SMILES string of the molecule is COc1ccc(Cl)cc1S(=O)(=O)Nc1ccc(OC)c2ncccc12. The number of rotatable bonds is 5. The van der Waals surface area contributed by atoms with Crippen LogP contribution in [0.2, 0.25) is 5.02 Å². The Balaban J connectivity index is 2.11. The maximum atomic E-state index is 12.8. The zero-order valence-electron chi connectivity index (χ0n) is 13.5. The Bertz CT molecular complexity index is 1040. The van der Waals surface area contributed by atoms with Crippen molar-refractivity contribution in [2.24, 2.45) is 0 Å². The fourth-order valence-electron chi connectivity index (χ4n) is 2.46. The monoisotopic (exact) mass is 378 g/mol. The molecular weight excluding hydrogens is 364 g/mol. The Hall–Kier alpha value is -2.51. The van der Waals surface area contributed by atoms with Crippen molar-refractivity contribution in [2.45, 2.75) is 4.90 Å². The van der Waals surface area contributed by atoms with Crippen LogP contribution in [-0.4, -0.2) is 27.6 Å². The van der Waals surface area contributed by atoms with Crippen molar-refractivity contribution >= 4 is 38.2 Å². The molecular formula is C17H15ClN2O4S. The largest absolute Gasteiger partial charge is 0.495 e. The molecule has 1 aromatic heterocycles. The summed E-state index contributed by atoms with van der Waals surface area (Å²) in [5.41, 5.74) is 0.939. The summed E-state index contributed by atoms with van der Waals surface area (Å²) >= 11 is 5.94. The molecule has 3 aromatic rings. The minimum Gasteiger partial charge on any atom is -0.495 e. The van der Waals surface area contributed by atoms with E-state index in [9.17, 15) is 8.42 Å². The lowest BCUT2D eigenvalue weighted by Gasteiger charge is -2.14. The lowest BCUT2D eigenvalue weighted by molar-refractivity contribution is 0.403. The number of ether oxygens (including phenoxy) is 2. The molecule has 130 valence electrons. The van der Waals surface area contributed by atoms with Gasteiger partial charge in [-0.05, 0) is 42.5 Å². The predicted octanol–water partition coefficient (Wildman–Crippen LogP) is 3.71. The van der Waals surface area contributed by atoms with Crippen LogP contribution in [-0.2, 0) is 10.0 Å². The molecule has 0 amide bonds. The Morgan fingerprint density at radius 2 is 1.76 bits per heavy atom. The quantitative estimate of drug-likeness (QED) is 0.732. The Labute approximate surface area is 150 Å². The third-order valence-electron chi connectivity index (χ3n) is 3.61. The van der Waals surface area contributed by atoms with Gasteiger partial charge in [-0.25, -0.2) is 8.42 Å². The minimum absolute atomic E-state index is 0.0460. The molecule has 0 saturated carbocycles. The zero-order chi connectivity index (χ0) is 18.0. The Kier molecular flexibility index (Phi) is 4.69. The van der Waals surface area contributed by atoms with Crippen LogP contribution in [0.25, 0.3) is 10.9 Å². The van der Waals surface area contributed by atoms with Crippen LogP contribution in [0.1, 0.15) is 0 Å². The molecule has 0 bridgehead atoms. The number of fused-ring (bicyclic) bond motifs is 1. The summed E-state index contributed by atoms with van der Waals surface area (Å²) in [6.45, 7) is 0. The first kappa shape index (κ1) is 17.3. The van der Waals surface area contributed by atoms with E-state index in [1.54, 1.807) is 36.5 Å². The number of hydrogen-bond acceptors (Lipinski definition) is 5. The van der Waals surface area contributed by atoms with Gasteiger partial charge >= 0.3 is 0 Å². The number of pyridine rings is 1. The molecule has 1 N–H and O–H groups in total. The fraction of sp³-hybridized carbons (Fsp3) is 0.118. The molecule has 0 aliphatic carbocycles. The van der Waals surface area contributed by atoms with Crippen molar-refractivity contribution in [3.05, 3.63) is 53.7 Å². The molecule has 3 rings (SSSR count). The maximum absolute atomic E-state index is 12.8. The molecule has 0 aliphatic rings. The summed E-state index contributed by atoms with van der Waals surface area (Å²) in [6, 6.07) is 11.2. The smallest absolute Gasteiger partial charge is 0.265 e. The third kappa shape index (κ3) is 3.33. The second kappa shape index (κ2) is 6.78. The number of hydrogen-bond donors (Lipinski definition) is 1. The molecule has 1 heterocycles. The van der Waals surface area contributed by atoms with E-state index in [1.165, 1.54) is 26.4 Å². The van der Waals surface area contributed by atoms with E-state index in [1.807, 2.05) is 0 Å². The van der Waals surface area contributed by atoms with Gasteiger partial charge in [0.2, 0.25) is 0 Å². The average Bonchev–Trinajstić information content (AvgIpc) is 2.62. The van der Waals surface area contributed by atoms with Gasteiger partial charge in [-0.2, -0.15) is 0 Å². The van der Waals surface area contributed by atoms with Crippen molar-refractivity contribution < 1.29 is 17.9 Å². The lowest BCUT2D eigenvalue weighted by atomic mass is 10.2. The average molecular weight is 379 g/mol. The second-order valence-corrected chi connectivity index (χ2v) is 7.20. The molecule has 0 saturated heterocycles. The number of nitrogens with one attached hydrogen (secondary N) is 1. The predicted molar refractivity (Wildman–Crippen MR) is 97.1 cm³/mol. The van der Waals surface area contributed by atoms with Gasteiger partial charge in [-0.3, -0.25) is 9.71 Å². The number of sulfonamides is 1. The van der Waals surface area contributed by atoms with Crippen LogP contribution in [0.3, 0.4) is 0 Å².